The van der Waals surface area contributed by atoms with Crippen LogP contribution >= 0.6 is 12.4 Å². The average Bonchev–Trinajstić information content (AvgIpc) is 2.89. The first-order chi connectivity index (χ1) is 17.5. The summed E-state index contributed by atoms with van der Waals surface area (Å²) in [4.78, 5) is 31.5. The molecule has 0 saturated carbocycles. The van der Waals surface area contributed by atoms with Crippen LogP contribution in [0, 0.1) is 6.92 Å². The Kier molecular flexibility index (Phi) is 15.6. The summed E-state index contributed by atoms with van der Waals surface area (Å²) in [5.41, 5.74) is 2.47. The van der Waals surface area contributed by atoms with Gasteiger partial charge in [0.1, 0.15) is 5.75 Å². The second kappa shape index (κ2) is 17.1. The van der Waals surface area contributed by atoms with Gasteiger partial charge in [-0.25, -0.2) is 0 Å². The maximum Gasteiger partial charge on any atom is 0.259 e. The van der Waals surface area contributed by atoms with Crippen LogP contribution in [0.1, 0.15) is 60.2 Å². The Morgan fingerprint density at radius 2 is 1.32 bits per heavy atom. The van der Waals surface area contributed by atoms with Gasteiger partial charge in [0.2, 0.25) is 17.8 Å². The molecule has 0 bridgehead atoms. The maximum atomic E-state index is 12.7. The summed E-state index contributed by atoms with van der Waals surface area (Å²) >= 11 is 0. The van der Waals surface area contributed by atoms with E-state index in [4.69, 9.17) is 15.0 Å². The number of nitrogens with one attached hydrogen (secondary N) is 2. The fourth-order valence-electron chi connectivity index (χ4n) is 4.72. The third-order valence-corrected chi connectivity index (χ3v) is 6.66. The van der Waals surface area contributed by atoms with Crippen LogP contribution in [0.2, 0.25) is 0 Å². The van der Waals surface area contributed by atoms with E-state index in [2.05, 4.69) is 20.4 Å². The summed E-state index contributed by atoms with van der Waals surface area (Å²) in [6.07, 6.45) is 7.06. The SMILES string of the molecule is Cc1ccc(C(=O)Nc2cccc(Nc3nc(N4CCCCC4)nc(N4CCCCC4)n3)c2)c(O)c1.Cl.N.N.N.N.[HH].[HH].[HH].[HH]. The van der Waals surface area contributed by atoms with E-state index in [-0.39, 0.29) is 59.9 Å². The standard InChI is InChI=1S/C27H33N7O2.ClH.4H3N.4H2/c1-19-11-12-22(23(35)17-19)24(36)28-20-9-8-10-21(18-20)29-25-30-26(33-13-4-2-5-14-33)32-27(31-25)34-15-6-3-7-16-34;;;;;;;;;/h8-12,17-18,35H,2-7,13-16H2,1H3,(H,28,36)(H,29,30,31,32);1H;4*1H3;4*1H. The number of anilines is 5. The van der Waals surface area contributed by atoms with Gasteiger partial charge in [0.25, 0.3) is 5.91 Å². The molecule has 5 rings (SSSR count). The Morgan fingerprint density at radius 3 is 1.85 bits per heavy atom. The van der Waals surface area contributed by atoms with Crippen LogP contribution in [0.4, 0.5) is 29.2 Å². The number of carbonyl (C=O) groups excluding carboxylic acids is 1. The van der Waals surface area contributed by atoms with Crippen molar-refractivity contribution >= 4 is 47.5 Å². The van der Waals surface area contributed by atoms with E-state index in [1.807, 2.05) is 25.1 Å². The summed E-state index contributed by atoms with van der Waals surface area (Å²) in [5, 5.41) is 16.3. The van der Waals surface area contributed by atoms with Crippen LogP contribution in [-0.4, -0.2) is 52.1 Å². The molecule has 2 aliphatic heterocycles. The highest BCUT2D eigenvalue weighted by molar-refractivity contribution is 6.06. The van der Waals surface area contributed by atoms with Gasteiger partial charge in [-0.05, 0) is 81.3 Å². The highest BCUT2D eigenvalue weighted by Gasteiger charge is 2.20. The second-order valence-corrected chi connectivity index (χ2v) is 9.53. The zero-order valence-corrected chi connectivity index (χ0v) is 24.8. The molecule has 14 heteroatoms. The number of hydrogen-bond acceptors (Lipinski definition) is 12. The number of carbonyl (C=O) groups is 1. The lowest BCUT2D eigenvalue weighted by molar-refractivity contribution is 0.102. The molecule has 3 heterocycles. The predicted molar refractivity (Wildman–Crippen MR) is 178 cm³/mol. The summed E-state index contributed by atoms with van der Waals surface area (Å²) in [6, 6.07) is 12.4. The number of phenols is 1. The molecule has 236 valence electrons. The molecule has 3 aromatic rings. The van der Waals surface area contributed by atoms with Gasteiger partial charge >= 0.3 is 0 Å². The minimum absolute atomic E-state index is 0. The van der Waals surface area contributed by atoms with Crippen molar-refractivity contribution in [2.75, 3.05) is 46.6 Å². The number of rotatable bonds is 6. The maximum absolute atomic E-state index is 12.7. The number of aromatic hydroxyl groups is 1. The topological polar surface area (TPSA) is 247 Å². The lowest BCUT2D eigenvalue weighted by Gasteiger charge is -2.30. The predicted octanol–water partition coefficient (Wildman–Crippen LogP) is 6.92. The highest BCUT2D eigenvalue weighted by Crippen LogP contribution is 2.26. The summed E-state index contributed by atoms with van der Waals surface area (Å²) in [7, 11) is 0. The van der Waals surface area contributed by atoms with Gasteiger partial charge in [-0.2, -0.15) is 15.0 Å². The lowest BCUT2D eigenvalue weighted by atomic mass is 10.1. The van der Waals surface area contributed by atoms with Gasteiger partial charge in [-0.1, -0.05) is 12.1 Å². The van der Waals surface area contributed by atoms with Crippen LogP contribution in [0.5, 0.6) is 5.75 Å². The van der Waals surface area contributed by atoms with Crippen molar-refractivity contribution < 1.29 is 15.6 Å². The Morgan fingerprint density at radius 1 is 0.780 bits per heavy atom. The van der Waals surface area contributed by atoms with Gasteiger partial charge in [0.05, 0.1) is 5.56 Å². The van der Waals surface area contributed by atoms with E-state index >= 15 is 0 Å². The summed E-state index contributed by atoms with van der Waals surface area (Å²) in [6.45, 7) is 5.68. The van der Waals surface area contributed by atoms with Crippen LogP contribution in [-0.2, 0) is 0 Å². The van der Waals surface area contributed by atoms with E-state index in [0.29, 0.717) is 23.5 Å². The Labute approximate surface area is 254 Å². The molecule has 2 aliphatic rings. The molecule has 0 aliphatic carbocycles. The average molecular weight is 600 g/mol. The molecule has 0 atom stereocenters. The number of benzene rings is 2. The van der Waals surface area contributed by atoms with Gasteiger partial charge in [0.15, 0.2) is 0 Å². The fraction of sp³-hybridized carbons (Fsp3) is 0.407. The molecule has 13 nitrogen and oxygen atoms in total. The quantitative estimate of drug-likeness (QED) is 0.152. The molecular formula is C27H54ClN11O2. The van der Waals surface area contributed by atoms with Crippen molar-refractivity contribution in [2.45, 2.75) is 45.4 Å². The molecule has 1 amide bonds. The molecule has 41 heavy (non-hydrogen) atoms. The number of nitrogens with zero attached hydrogens (tertiary/aromatic N) is 5. The third-order valence-electron chi connectivity index (χ3n) is 6.66. The van der Waals surface area contributed by atoms with Crippen molar-refractivity contribution in [1.29, 1.82) is 0 Å². The molecule has 2 saturated heterocycles. The molecule has 2 fully saturated rings. The molecule has 1 aromatic heterocycles. The first-order valence-electron chi connectivity index (χ1n) is 12.8. The fourth-order valence-corrected chi connectivity index (χ4v) is 4.72. The molecule has 0 radical (unpaired) electrons. The number of phenolic OH excluding ortho intramolecular Hbond substituents is 1. The van der Waals surface area contributed by atoms with Gasteiger partial charge < -0.3 is 50.1 Å². The van der Waals surface area contributed by atoms with E-state index in [1.54, 1.807) is 24.3 Å². The first kappa shape index (κ1) is 37.2. The third kappa shape index (κ3) is 9.40. The minimum atomic E-state index is -0.371. The molecular weight excluding hydrogens is 546 g/mol. The lowest BCUT2D eigenvalue weighted by Crippen LogP contribution is -2.34. The normalized spacial score (nSPS) is 14.1. The van der Waals surface area contributed by atoms with Gasteiger partial charge in [0, 0.05) is 43.3 Å². The van der Waals surface area contributed by atoms with Crippen molar-refractivity contribution in [3.63, 3.8) is 0 Å². The molecule has 0 unspecified atom stereocenters. The van der Waals surface area contributed by atoms with Crippen LogP contribution in [0.15, 0.2) is 42.5 Å². The van der Waals surface area contributed by atoms with Crippen LogP contribution in [0.25, 0.3) is 0 Å². The number of aromatic nitrogens is 3. The molecule has 0 spiro atoms. The first-order valence-corrected chi connectivity index (χ1v) is 12.8. The number of piperidine rings is 2. The van der Waals surface area contributed by atoms with Gasteiger partial charge in [-0.15, -0.1) is 12.4 Å². The van der Waals surface area contributed by atoms with E-state index in [9.17, 15) is 9.90 Å². The van der Waals surface area contributed by atoms with Crippen molar-refractivity contribution in [3.05, 3.63) is 53.6 Å². The largest absolute Gasteiger partial charge is 0.507 e. The van der Waals surface area contributed by atoms with Crippen molar-refractivity contribution in [2.24, 2.45) is 0 Å². The zero-order valence-electron chi connectivity index (χ0n) is 23.9. The highest BCUT2D eigenvalue weighted by atomic mass is 35.5. The number of aryl methyl sites for hydroxylation is 1. The second-order valence-electron chi connectivity index (χ2n) is 9.53. The zero-order chi connectivity index (χ0) is 24.9. The van der Waals surface area contributed by atoms with Crippen molar-refractivity contribution in [1.82, 2.24) is 39.6 Å². The van der Waals surface area contributed by atoms with E-state index in [1.165, 1.54) is 12.8 Å². The Hall–Kier alpha value is -3.75. The Balaban J connectivity index is -0.000000593. The number of hydrogen-bond donors (Lipinski definition) is 7. The van der Waals surface area contributed by atoms with Crippen LogP contribution in [0.3, 0.4) is 0 Å². The summed E-state index contributed by atoms with van der Waals surface area (Å²) < 4.78 is 0. The smallest absolute Gasteiger partial charge is 0.259 e. The van der Waals surface area contributed by atoms with Crippen molar-refractivity contribution in [3.8, 4) is 5.75 Å². The minimum Gasteiger partial charge on any atom is -0.507 e. The molecule has 15 N–H and O–H groups in total. The van der Waals surface area contributed by atoms with Gasteiger partial charge in [-0.3, -0.25) is 4.79 Å². The monoisotopic (exact) mass is 599 g/mol. The van der Waals surface area contributed by atoms with E-state index < -0.39 is 0 Å². The number of amides is 1. The molecule has 2 aromatic carbocycles. The number of halogens is 1. The Bertz CT molecular complexity index is 1220. The summed E-state index contributed by atoms with van der Waals surface area (Å²) in [5.74, 6) is 1.51. The van der Waals surface area contributed by atoms with Crippen LogP contribution < -0.4 is 45.0 Å². The van der Waals surface area contributed by atoms with E-state index in [0.717, 1.165) is 63.1 Å².